The Labute approximate surface area is 201 Å². The van der Waals surface area contributed by atoms with E-state index in [1.165, 1.54) is 6.07 Å². The van der Waals surface area contributed by atoms with Crippen molar-refractivity contribution in [3.05, 3.63) is 86.8 Å². The maximum atomic E-state index is 12.9. The number of anilines is 1. The molecule has 7 nitrogen and oxygen atoms in total. The number of carbonyl (C=O) groups is 2. The first-order valence-electron chi connectivity index (χ1n) is 9.80. The number of benzene rings is 2. The first-order chi connectivity index (χ1) is 16.1. The van der Waals surface area contributed by atoms with Gasteiger partial charge < -0.3 is 15.6 Å². The molecule has 3 rings (SSSR count). The second-order valence-corrected chi connectivity index (χ2v) is 8.38. The summed E-state index contributed by atoms with van der Waals surface area (Å²) in [7, 11) is 0. The van der Waals surface area contributed by atoms with Crippen molar-refractivity contribution in [3.63, 3.8) is 0 Å². The van der Waals surface area contributed by atoms with Crippen LogP contribution in [0.5, 0.6) is 0 Å². The molecule has 0 fully saturated rings. The Morgan fingerprint density at radius 1 is 1.06 bits per heavy atom. The Balaban J connectivity index is 1.57. The molecule has 3 N–H and O–H groups in total. The standard InChI is InChI=1S/C22H18ClF3N4O3S/c23-16-7-6-14(22(24,25)26)8-17(16)29-20(33)12-34-21-28-15(10-19(32)30-21)9-18(31)27-11-13-4-2-1-3-5-13/h1-8,10H,9,11-12H2,(H,27,31)(H,29,33)(H,28,30,32). The smallest absolute Gasteiger partial charge is 0.352 e. The molecule has 0 saturated carbocycles. The highest BCUT2D eigenvalue weighted by Crippen LogP contribution is 2.33. The van der Waals surface area contributed by atoms with E-state index in [1.54, 1.807) is 0 Å². The van der Waals surface area contributed by atoms with Gasteiger partial charge in [0.05, 0.1) is 34.1 Å². The molecule has 0 aliphatic heterocycles. The van der Waals surface area contributed by atoms with Crippen LogP contribution in [0.3, 0.4) is 0 Å². The Morgan fingerprint density at radius 2 is 1.79 bits per heavy atom. The van der Waals surface area contributed by atoms with Crippen LogP contribution < -0.4 is 16.2 Å². The van der Waals surface area contributed by atoms with Crippen molar-refractivity contribution in [2.75, 3.05) is 11.1 Å². The van der Waals surface area contributed by atoms with Crippen molar-refractivity contribution in [2.45, 2.75) is 24.3 Å². The predicted octanol–water partition coefficient (Wildman–Crippen LogP) is 4.03. The summed E-state index contributed by atoms with van der Waals surface area (Å²) in [6.07, 6.45) is -4.73. The van der Waals surface area contributed by atoms with Crippen molar-refractivity contribution >= 4 is 40.9 Å². The zero-order valence-electron chi connectivity index (χ0n) is 17.4. The normalized spacial score (nSPS) is 11.2. The van der Waals surface area contributed by atoms with Gasteiger partial charge in [0.25, 0.3) is 5.56 Å². The molecule has 0 unspecified atom stereocenters. The summed E-state index contributed by atoms with van der Waals surface area (Å²) in [5.41, 5.74) is -0.530. The molecular weight excluding hydrogens is 493 g/mol. The van der Waals surface area contributed by atoms with Crippen LogP contribution in [0.15, 0.2) is 64.5 Å². The van der Waals surface area contributed by atoms with Crippen molar-refractivity contribution in [3.8, 4) is 0 Å². The molecule has 0 aliphatic carbocycles. The highest BCUT2D eigenvalue weighted by Gasteiger charge is 2.31. The van der Waals surface area contributed by atoms with E-state index >= 15 is 0 Å². The van der Waals surface area contributed by atoms with E-state index < -0.39 is 23.2 Å². The van der Waals surface area contributed by atoms with Crippen LogP contribution in [-0.4, -0.2) is 27.5 Å². The summed E-state index contributed by atoms with van der Waals surface area (Å²) in [5.74, 6) is -1.26. The van der Waals surface area contributed by atoms with Crippen LogP contribution >= 0.6 is 23.4 Å². The minimum atomic E-state index is -4.59. The maximum Gasteiger partial charge on any atom is 0.416 e. The highest BCUT2D eigenvalue weighted by molar-refractivity contribution is 7.99. The molecule has 0 saturated heterocycles. The lowest BCUT2D eigenvalue weighted by atomic mass is 10.2. The van der Waals surface area contributed by atoms with Crippen LogP contribution in [0.25, 0.3) is 0 Å². The molecule has 1 heterocycles. The molecule has 12 heteroatoms. The van der Waals surface area contributed by atoms with E-state index in [0.29, 0.717) is 6.54 Å². The van der Waals surface area contributed by atoms with E-state index in [2.05, 4.69) is 20.6 Å². The minimum Gasteiger partial charge on any atom is -0.352 e. The van der Waals surface area contributed by atoms with Gasteiger partial charge in [-0.2, -0.15) is 13.2 Å². The number of halogens is 4. The lowest BCUT2D eigenvalue weighted by Gasteiger charge is -2.11. The van der Waals surface area contributed by atoms with Crippen molar-refractivity contribution in [2.24, 2.45) is 0 Å². The number of nitrogens with zero attached hydrogens (tertiary/aromatic N) is 1. The van der Waals surface area contributed by atoms with Crippen molar-refractivity contribution in [1.82, 2.24) is 15.3 Å². The Kier molecular flexibility index (Phi) is 8.35. The summed E-state index contributed by atoms with van der Waals surface area (Å²) in [4.78, 5) is 42.9. The number of aromatic nitrogens is 2. The molecule has 178 valence electrons. The highest BCUT2D eigenvalue weighted by atomic mass is 35.5. The Bertz CT molecular complexity index is 1240. The molecule has 0 atom stereocenters. The summed E-state index contributed by atoms with van der Waals surface area (Å²) in [6, 6.07) is 13.0. The molecule has 0 bridgehead atoms. The summed E-state index contributed by atoms with van der Waals surface area (Å²) >= 11 is 6.73. The fourth-order valence-electron chi connectivity index (χ4n) is 2.78. The number of amides is 2. The average Bonchev–Trinajstić information content (AvgIpc) is 2.77. The van der Waals surface area contributed by atoms with Gasteiger partial charge in [0.2, 0.25) is 11.8 Å². The van der Waals surface area contributed by atoms with Gasteiger partial charge in [0, 0.05) is 12.6 Å². The Hall–Kier alpha value is -3.31. The molecule has 1 aromatic heterocycles. The van der Waals surface area contributed by atoms with E-state index in [-0.39, 0.29) is 39.6 Å². The van der Waals surface area contributed by atoms with Crippen LogP contribution in [0.4, 0.5) is 18.9 Å². The molecular formula is C22H18ClF3N4O3S. The Morgan fingerprint density at radius 3 is 2.50 bits per heavy atom. The van der Waals surface area contributed by atoms with Gasteiger partial charge in [0.15, 0.2) is 5.16 Å². The second kappa shape index (κ2) is 11.2. The number of alkyl halides is 3. The fourth-order valence-corrected chi connectivity index (χ4v) is 3.64. The van der Waals surface area contributed by atoms with Crippen molar-refractivity contribution in [1.29, 1.82) is 0 Å². The first-order valence-corrected chi connectivity index (χ1v) is 11.2. The number of nitrogens with one attached hydrogen (secondary N) is 3. The van der Waals surface area contributed by atoms with Crippen LogP contribution in [-0.2, 0) is 28.7 Å². The molecule has 34 heavy (non-hydrogen) atoms. The number of aromatic amines is 1. The summed E-state index contributed by atoms with van der Waals surface area (Å²) in [6.45, 7) is 0.322. The van der Waals surface area contributed by atoms with Gasteiger partial charge in [-0.15, -0.1) is 0 Å². The number of carbonyl (C=O) groups excluding carboxylic acids is 2. The van der Waals surface area contributed by atoms with Crippen molar-refractivity contribution < 1.29 is 22.8 Å². The molecule has 2 aromatic carbocycles. The zero-order valence-corrected chi connectivity index (χ0v) is 19.0. The van der Waals surface area contributed by atoms with E-state index in [4.69, 9.17) is 11.6 Å². The van der Waals surface area contributed by atoms with Gasteiger partial charge in [-0.05, 0) is 23.8 Å². The molecule has 3 aromatic rings. The van der Waals surface area contributed by atoms with E-state index in [0.717, 1.165) is 35.5 Å². The van der Waals surface area contributed by atoms with E-state index in [9.17, 15) is 27.6 Å². The van der Waals surface area contributed by atoms with Crippen LogP contribution in [0, 0.1) is 0 Å². The zero-order chi connectivity index (χ0) is 24.7. The predicted molar refractivity (Wildman–Crippen MR) is 123 cm³/mol. The quantitative estimate of drug-likeness (QED) is 0.313. The molecule has 0 spiro atoms. The van der Waals surface area contributed by atoms with Gasteiger partial charge >= 0.3 is 6.18 Å². The van der Waals surface area contributed by atoms with Crippen LogP contribution in [0.1, 0.15) is 16.8 Å². The van der Waals surface area contributed by atoms with Gasteiger partial charge in [-0.1, -0.05) is 53.7 Å². The molecule has 0 aliphatic rings. The average molecular weight is 511 g/mol. The lowest BCUT2D eigenvalue weighted by Crippen LogP contribution is -2.26. The monoisotopic (exact) mass is 510 g/mol. The van der Waals surface area contributed by atoms with Gasteiger partial charge in [-0.3, -0.25) is 14.4 Å². The fraction of sp³-hybridized carbons (Fsp3) is 0.182. The number of rotatable bonds is 8. The maximum absolute atomic E-state index is 12.9. The number of thioether (sulfide) groups is 1. The third-order valence-corrected chi connectivity index (χ3v) is 5.56. The largest absolute Gasteiger partial charge is 0.416 e. The minimum absolute atomic E-state index is 0.0543. The van der Waals surface area contributed by atoms with Gasteiger partial charge in [0.1, 0.15) is 0 Å². The third kappa shape index (κ3) is 7.63. The second-order valence-electron chi connectivity index (χ2n) is 7.01. The number of hydrogen-bond donors (Lipinski definition) is 3. The third-order valence-electron chi connectivity index (χ3n) is 4.35. The summed E-state index contributed by atoms with van der Waals surface area (Å²) < 4.78 is 38.6. The topological polar surface area (TPSA) is 104 Å². The SMILES string of the molecule is O=C(Cc1cc(=O)[nH]c(SCC(=O)Nc2cc(C(F)(F)F)ccc2Cl)n1)NCc1ccccc1. The first kappa shape index (κ1) is 25.3. The summed E-state index contributed by atoms with van der Waals surface area (Å²) in [5, 5.41) is 5.07. The molecule has 0 radical (unpaired) electrons. The van der Waals surface area contributed by atoms with E-state index in [1.807, 2.05) is 30.3 Å². The van der Waals surface area contributed by atoms with Crippen LogP contribution in [0.2, 0.25) is 5.02 Å². The number of H-pyrrole nitrogens is 1. The lowest BCUT2D eigenvalue weighted by molar-refractivity contribution is -0.137. The van der Waals surface area contributed by atoms with Gasteiger partial charge in [-0.25, -0.2) is 4.98 Å². The number of hydrogen-bond acceptors (Lipinski definition) is 5. The molecule has 2 amide bonds.